The number of fused-ring (bicyclic) bond motifs is 1. The molecule has 2 rings (SSSR count). The van der Waals surface area contributed by atoms with E-state index in [0.29, 0.717) is 24.2 Å². The van der Waals surface area contributed by atoms with Crippen LogP contribution in [-0.2, 0) is 6.42 Å². The van der Waals surface area contributed by atoms with Gasteiger partial charge in [0.2, 0.25) is 18.4 Å². The lowest BCUT2D eigenvalue weighted by molar-refractivity contribution is 0.170. The Bertz CT molecular complexity index is 378. The van der Waals surface area contributed by atoms with E-state index in [1.54, 1.807) is 0 Å². The Hall–Kier alpha value is -1.49. The van der Waals surface area contributed by atoms with Crippen LogP contribution in [0.5, 0.6) is 17.2 Å². The van der Waals surface area contributed by atoms with Crippen LogP contribution in [0.2, 0.25) is 0 Å². The molecule has 82 valence electrons. The Balaban J connectivity index is 2.36. The van der Waals surface area contributed by atoms with Crippen LogP contribution in [0.25, 0.3) is 0 Å². The maximum Gasteiger partial charge on any atom is 0.231 e. The molecule has 15 heavy (non-hydrogen) atoms. The van der Waals surface area contributed by atoms with Gasteiger partial charge in [-0.25, -0.2) is 0 Å². The van der Waals surface area contributed by atoms with Crippen molar-refractivity contribution in [3.63, 3.8) is 0 Å². The number of phenolic OH excluding ortho intramolecular Hbond substituents is 1. The van der Waals surface area contributed by atoms with Gasteiger partial charge in [0.05, 0.1) is 0 Å². The highest BCUT2D eigenvalue weighted by Gasteiger charge is 2.24. The standard InChI is InChI=1S/C10H11FO4/c11-8-9(13)6(2-1-3-12)4-7-10(8)15-5-14-7/h4,12-13H,1-3,5H2. The van der Waals surface area contributed by atoms with E-state index < -0.39 is 11.6 Å². The minimum absolute atomic E-state index is 0.00446. The molecule has 1 aliphatic heterocycles. The molecule has 1 aromatic rings. The molecule has 0 aliphatic carbocycles. The highest BCUT2D eigenvalue weighted by molar-refractivity contribution is 5.52. The van der Waals surface area contributed by atoms with Gasteiger partial charge in [-0.05, 0) is 18.9 Å². The molecular formula is C10H11FO4. The highest BCUT2D eigenvalue weighted by atomic mass is 19.1. The molecule has 0 amide bonds. The molecule has 0 unspecified atom stereocenters. The number of aliphatic hydroxyl groups excluding tert-OH is 1. The predicted molar refractivity (Wildman–Crippen MR) is 49.6 cm³/mol. The topological polar surface area (TPSA) is 58.9 Å². The fourth-order valence-corrected chi connectivity index (χ4v) is 1.50. The Kier molecular flexibility index (Phi) is 2.64. The van der Waals surface area contributed by atoms with Gasteiger partial charge < -0.3 is 19.7 Å². The summed E-state index contributed by atoms with van der Waals surface area (Å²) in [6.45, 7) is -0.0371. The third-order valence-electron chi connectivity index (χ3n) is 2.26. The summed E-state index contributed by atoms with van der Waals surface area (Å²) in [6, 6.07) is 1.54. The first-order chi connectivity index (χ1) is 7.24. The van der Waals surface area contributed by atoms with Crippen LogP contribution in [0.4, 0.5) is 4.39 Å². The van der Waals surface area contributed by atoms with Gasteiger partial charge in [0.25, 0.3) is 0 Å². The maximum absolute atomic E-state index is 13.5. The Morgan fingerprint density at radius 2 is 2.20 bits per heavy atom. The molecule has 1 aliphatic rings. The van der Waals surface area contributed by atoms with Gasteiger partial charge >= 0.3 is 0 Å². The van der Waals surface area contributed by atoms with Crippen molar-refractivity contribution in [3.05, 3.63) is 17.4 Å². The summed E-state index contributed by atoms with van der Waals surface area (Å²) in [5.41, 5.74) is 0.422. The Morgan fingerprint density at radius 1 is 1.40 bits per heavy atom. The summed E-state index contributed by atoms with van der Waals surface area (Å²) in [5, 5.41) is 18.1. The van der Waals surface area contributed by atoms with Gasteiger partial charge in [-0.15, -0.1) is 0 Å². The van der Waals surface area contributed by atoms with Crippen LogP contribution >= 0.6 is 0 Å². The Labute approximate surface area is 85.9 Å². The van der Waals surface area contributed by atoms with E-state index in [2.05, 4.69) is 0 Å². The average Bonchev–Trinajstić information content (AvgIpc) is 2.69. The lowest BCUT2D eigenvalue weighted by atomic mass is 10.1. The summed E-state index contributed by atoms with van der Waals surface area (Å²) in [6.07, 6.45) is 0.864. The lowest BCUT2D eigenvalue weighted by Crippen LogP contribution is -1.93. The van der Waals surface area contributed by atoms with Crippen LogP contribution in [-0.4, -0.2) is 23.6 Å². The first kappa shape index (κ1) is 10.0. The van der Waals surface area contributed by atoms with E-state index in [1.165, 1.54) is 6.07 Å². The largest absolute Gasteiger partial charge is 0.505 e. The Morgan fingerprint density at radius 3 is 2.93 bits per heavy atom. The summed E-state index contributed by atoms with van der Waals surface area (Å²) in [5.74, 6) is -0.955. The predicted octanol–water partition coefficient (Wildman–Crippen LogP) is 1.18. The summed E-state index contributed by atoms with van der Waals surface area (Å²) in [7, 11) is 0. The molecule has 0 radical (unpaired) electrons. The number of hydrogen-bond acceptors (Lipinski definition) is 4. The lowest BCUT2D eigenvalue weighted by Gasteiger charge is -2.06. The number of halogens is 1. The van der Waals surface area contributed by atoms with Crippen molar-refractivity contribution in [2.75, 3.05) is 13.4 Å². The van der Waals surface area contributed by atoms with Crippen molar-refractivity contribution in [1.29, 1.82) is 0 Å². The molecular weight excluding hydrogens is 203 g/mol. The van der Waals surface area contributed by atoms with E-state index in [0.717, 1.165) is 0 Å². The number of aryl methyl sites for hydroxylation is 1. The van der Waals surface area contributed by atoms with Gasteiger partial charge in [0, 0.05) is 12.2 Å². The van der Waals surface area contributed by atoms with Gasteiger partial charge in [0.1, 0.15) is 0 Å². The van der Waals surface area contributed by atoms with Crippen LogP contribution in [0, 0.1) is 5.82 Å². The average molecular weight is 214 g/mol. The van der Waals surface area contributed by atoms with Crippen molar-refractivity contribution >= 4 is 0 Å². The minimum Gasteiger partial charge on any atom is -0.505 e. The van der Waals surface area contributed by atoms with Crippen LogP contribution in [0.1, 0.15) is 12.0 Å². The fourth-order valence-electron chi connectivity index (χ4n) is 1.50. The van der Waals surface area contributed by atoms with Gasteiger partial charge in [0.15, 0.2) is 11.5 Å². The normalized spacial score (nSPS) is 13.2. The molecule has 5 heteroatoms. The number of phenols is 1. The smallest absolute Gasteiger partial charge is 0.231 e. The SMILES string of the molecule is OCCCc1cc2c(c(F)c1O)OCO2. The molecule has 0 spiro atoms. The summed E-state index contributed by atoms with van der Waals surface area (Å²) in [4.78, 5) is 0. The third-order valence-corrected chi connectivity index (χ3v) is 2.26. The molecule has 2 N–H and O–H groups in total. The number of ether oxygens (including phenoxy) is 2. The van der Waals surface area contributed by atoms with Crippen molar-refractivity contribution in [3.8, 4) is 17.2 Å². The number of aliphatic hydroxyl groups is 1. The second-order valence-corrected chi connectivity index (χ2v) is 3.26. The monoisotopic (exact) mass is 214 g/mol. The van der Waals surface area contributed by atoms with E-state index in [4.69, 9.17) is 14.6 Å². The number of benzene rings is 1. The summed E-state index contributed by atoms with van der Waals surface area (Å²) >= 11 is 0. The zero-order chi connectivity index (χ0) is 10.8. The second kappa shape index (κ2) is 3.94. The second-order valence-electron chi connectivity index (χ2n) is 3.26. The minimum atomic E-state index is -0.794. The van der Waals surface area contributed by atoms with Gasteiger partial charge in [-0.2, -0.15) is 4.39 Å². The van der Waals surface area contributed by atoms with Crippen molar-refractivity contribution < 1.29 is 24.1 Å². The highest BCUT2D eigenvalue weighted by Crippen LogP contribution is 2.41. The maximum atomic E-state index is 13.5. The first-order valence-electron chi connectivity index (χ1n) is 4.65. The third kappa shape index (κ3) is 1.70. The van der Waals surface area contributed by atoms with E-state index >= 15 is 0 Å². The van der Waals surface area contributed by atoms with Crippen LogP contribution < -0.4 is 9.47 Å². The molecule has 4 nitrogen and oxygen atoms in total. The molecule has 0 bridgehead atoms. The molecule has 1 aromatic carbocycles. The molecule has 0 saturated heterocycles. The van der Waals surface area contributed by atoms with Crippen LogP contribution in [0.15, 0.2) is 6.07 Å². The number of rotatable bonds is 3. The van der Waals surface area contributed by atoms with Crippen LogP contribution in [0.3, 0.4) is 0 Å². The quantitative estimate of drug-likeness (QED) is 0.793. The van der Waals surface area contributed by atoms with Gasteiger partial charge in [-0.3, -0.25) is 0 Å². The van der Waals surface area contributed by atoms with Crippen molar-refractivity contribution in [1.82, 2.24) is 0 Å². The first-order valence-corrected chi connectivity index (χ1v) is 4.65. The van der Waals surface area contributed by atoms with Crippen molar-refractivity contribution in [2.45, 2.75) is 12.8 Å². The van der Waals surface area contributed by atoms with Gasteiger partial charge in [-0.1, -0.05) is 0 Å². The zero-order valence-corrected chi connectivity index (χ0v) is 7.99. The number of aromatic hydroxyl groups is 1. The van der Waals surface area contributed by atoms with E-state index in [9.17, 15) is 9.50 Å². The molecule has 0 aromatic heterocycles. The molecule has 0 saturated carbocycles. The van der Waals surface area contributed by atoms with E-state index in [-0.39, 0.29) is 19.1 Å². The zero-order valence-electron chi connectivity index (χ0n) is 7.99. The number of hydrogen-bond donors (Lipinski definition) is 2. The summed E-state index contributed by atoms with van der Waals surface area (Å²) < 4.78 is 23.4. The van der Waals surface area contributed by atoms with Crippen molar-refractivity contribution in [2.24, 2.45) is 0 Å². The molecule has 1 heterocycles. The molecule has 0 fully saturated rings. The van der Waals surface area contributed by atoms with E-state index in [1.807, 2.05) is 0 Å². The fraction of sp³-hybridized carbons (Fsp3) is 0.400. The molecule has 0 atom stereocenters.